The fourth-order valence-corrected chi connectivity index (χ4v) is 5.01. The molecule has 2 fully saturated rings. The standard InChI is InChI=1S/C28H27F2N5O4S/c1-28(38)12-16(13-28)26(37)35(2)17-7-8-18(19(10-17)20-11-21(24(29)30)31-14-22(20)39-3)25(36)32-27-34-33-23(40-27)9-6-15-4-5-15/h7-8,10-11,14-16,24,38H,4-5,12-13H2,1-3H3,(H,32,34,36)/i2D3. The Morgan fingerprint density at radius 1 is 1.27 bits per heavy atom. The van der Waals surface area contributed by atoms with E-state index in [4.69, 9.17) is 8.85 Å². The van der Waals surface area contributed by atoms with Crippen LogP contribution in [0.25, 0.3) is 11.1 Å². The van der Waals surface area contributed by atoms with Crippen LogP contribution in [0.15, 0.2) is 30.5 Å². The number of methoxy groups -OCH3 is 1. The quantitative estimate of drug-likeness (QED) is 0.396. The minimum absolute atomic E-state index is 0.0112. The lowest BCUT2D eigenvalue weighted by atomic mass is 9.71. The Morgan fingerprint density at radius 2 is 2.05 bits per heavy atom. The fraction of sp³-hybridized carbons (Fsp3) is 0.393. The van der Waals surface area contributed by atoms with E-state index in [0.29, 0.717) is 15.8 Å². The number of hydrogen-bond donors (Lipinski definition) is 2. The fourth-order valence-electron chi connectivity index (χ4n) is 4.41. The third kappa shape index (κ3) is 5.95. The zero-order valence-electron chi connectivity index (χ0n) is 24.6. The molecule has 5 rings (SSSR count). The van der Waals surface area contributed by atoms with Gasteiger partial charge in [0.1, 0.15) is 11.4 Å². The van der Waals surface area contributed by atoms with E-state index in [1.165, 1.54) is 25.3 Å². The van der Waals surface area contributed by atoms with Crippen molar-refractivity contribution in [3.8, 4) is 28.7 Å². The van der Waals surface area contributed by atoms with Crippen LogP contribution in [0.5, 0.6) is 5.75 Å². The minimum atomic E-state index is -2.95. The second kappa shape index (κ2) is 10.9. The smallest absolute Gasteiger partial charge is 0.280 e. The Kier molecular flexibility index (Phi) is 6.51. The van der Waals surface area contributed by atoms with Gasteiger partial charge in [-0.1, -0.05) is 17.3 Å². The molecule has 2 heterocycles. The molecule has 0 aliphatic heterocycles. The normalized spacial score (nSPS) is 21.2. The topological polar surface area (TPSA) is 118 Å². The van der Waals surface area contributed by atoms with E-state index in [1.54, 1.807) is 6.92 Å². The molecule has 0 radical (unpaired) electrons. The van der Waals surface area contributed by atoms with Crippen molar-refractivity contribution in [2.24, 2.45) is 11.8 Å². The average molecular weight is 571 g/mol. The summed E-state index contributed by atoms with van der Waals surface area (Å²) in [4.78, 5) is 31.2. The Labute approximate surface area is 237 Å². The van der Waals surface area contributed by atoms with Gasteiger partial charge in [0.05, 0.1) is 18.9 Å². The number of aromatic nitrogens is 3. The first-order valence-corrected chi connectivity index (χ1v) is 13.3. The summed E-state index contributed by atoms with van der Waals surface area (Å²) in [7, 11) is 1.29. The molecule has 9 nitrogen and oxygen atoms in total. The number of nitrogens with one attached hydrogen (secondary N) is 1. The molecule has 2 aliphatic rings. The highest BCUT2D eigenvalue weighted by Crippen LogP contribution is 2.40. The summed E-state index contributed by atoms with van der Waals surface area (Å²) in [6.45, 7) is -1.38. The van der Waals surface area contributed by atoms with Gasteiger partial charge in [0, 0.05) is 45.3 Å². The van der Waals surface area contributed by atoms with Gasteiger partial charge in [0.15, 0.2) is 5.01 Å². The predicted molar refractivity (Wildman–Crippen MR) is 145 cm³/mol. The number of benzene rings is 1. The summed E-state index contributed by atoms with van der Waals surface area (Å²) in [5, 5.41) is 21.2. The number of hydrogen-bond acceptors (Lipinski definition) is 8. The third-order valence-electron chi connectivity index (χ3n) is 6.68. The number of nitrogens with zero attached hydrogens (tertiary/aromatic N) is 4. The van der Waals surface area contributed by atoms with Crippen LogP contribution in [0.4, 0.5) is 19.6 Å². The molecule has 1 aromatic carbocycles. The number of alkyl halides is 2. The van der Waals surface area contributed by atoms with E-state index in [-0.39, 0.29) is 46.1 Å². The van der Waals surface area contributed by atoms with Crippen molar-refractivity contribution >= 4 is 34.0 Å². The van der Waals surface area contributed by atoms with Gasteiger partial charge in [0.2, 0.25) is 11.0 Å². The minimum Gasteiger partial charge on any atom is -0.494 e. The molecule has 208 valence electrons. The lowest BCUT2D eigenvalue weighted by Crippen LogP contribution is -2.48. The Balaban J connectivity index is 1.57. The van der Waals surface area contributed by atoms with Crippen LogP contribution in [0.3, 0.4) is 0 Å². The maximum atomic E-state index is 13.7. The van der Waals surface area contributed by atoms with Crippen LogP contribution in [0, 0.1) is 23.7 Å². The molecule has 2 N–H and O–H groups in total. The van der Waals surface area contributed by atoms with Gasteiger partial charge in [-0.2, -0.15) is 0 Å². The van der Waals surface area contributed by atoms with Crippen LogP contribution in [0.2, 0.25) is 0 Å². The number of ether oxygens (including phenoxy) is 1. The lowest BCUT2D eigenvalue weighted by Gasteiger charge is -2.41. The molecular formula is C28H27F2N5O4S. The number of halogens is 2. The van der Waals surface area contributed by atoms with Gasteiger partial charge in [-0.25, -0.2) is 8.78 Å². The van der Waals surface area contributed by atoms with Crippen molar-refractivity contribution in [2.75, 3.05) is 24.3 Å². The highest BCUT2D eigenvalue weighted by Gasteiger charge is 2.43. The highest BCUT2D eigenvalue weighted by atomic mass is 32.1. The van der Waals surface area contributed by atoms with E-state index < -0.39 is 42.4 Å². The molecule has 0 bridgehead atoms. The first-order valence-electron chi connectivity index (χ1n) is 13.9. The average Bonchev–Trinajstić information content (AvgIpc) is 3.66. The van der Waals surface area contributed by atoms with Crippen molar-refractivity contribution in [3.05, 3.63) is 46.7 Å². The van der Waals surface area contributed by atoms with Gasteiger partial charge in [-0.15, -0.1) is 10.2 Å². The highest BCUT2D eigenvalue weighted by molar-refractivity contribution is 7.15. The monoisotopic (exact) mass is 570 g/mol. The van der Waals surface area contributed by atoms with Crippen LogP contribution >= 0.6 is 11.3 Å². The lowest BCUT2D eigenvalue weighted by molar-refractivity contribution is -0.135. The second-order valence-corrected chi connectivity index (χ2v) is 11.0. The zero-order chi connectivity index (χ0) is 31.1. The van der Waals surface area contributed by atoms with Gasteiger partial charge >= 0.3 is 0 Å². The molecule has 0 saturated heterocycles. The molecule has 2 aliphatic carbocycles. The molecule has 40 heavy (non-hydrogen) atoms. The SMILES string of the molecule is [2H]C([2H])([2H])N(C(=O)C1CC(C)(O)C1)c1ccc(C(=O)Nc2nnc(C#CC3CC3)s2)c(-c2cc(C(F)F)ncc2OC)c1. The van der Waals surface area contributed by atoms with E-state index in [9.17, 15) is 23.5 Å². The molecule has 0 atom stereocenters. The van der Waals surface area contributed by atoms with E-state index in [2.05, 4.69) is 32.3 Å². The number of amides is 2. The maximum absolute atomic E-state index is 13.7. The van der Waals surface area contributed by atoms with Crippen LogP contribution in [0.1, 0.15) is 64.2 Å². The first-order chi connectivity index (χ1) is 20.3. The van der Waals surface area contributed by atoms with Crippen LogP contribution in [-0.2, 0) is 4.79 Å². The molecular weight excluding hydrogens is 540 g/mol. The van der Waals surface area contributed by atoms with E-state index in [1.807, 2.05) is 0 Å². The van der Waals surface area contributed by atoms with Gasteiger partial charge in [-0.3, -0.25) is 19.9 Å². The number of anilines is 2. The van der Waals surface area contributed by atoms with Crippen LogP contribution < -0.4 is 15.0 Å². The number of rotatable bonds is 7. The second-order valence-electron chi connectivity index (χ2n) is 10.0. The van der Waals surface area contributed by atoms with E-state index >= 15 is 0 Å². The third-order valence-corrected chi connectivity index (χ3v) is 7.43. The summed E-state index contributed by atoms with van der Waals surface area (Å²) in [5.74, 6) is 4.18. The van der Waals surface area contributed by atoms with Crippen molar-refractivity contribution in [3.63, 3.8) is 0 Å². The van der Waals surface area contributed by atoms with Gasteiger partial charge in [-0.05, 0) is 62.8 Å². The number of aliphatic hydroxyl groups is 1. The Hall–Kier alpha value is -3.95. The predicted octanol–water partition coefficient (Wildman–Crippen LogP) is 4.68. The summed E-state index contributed by atoms with van der Waals surface area (Å²) in [6, 6.07) is 4.88. The van der Waals surface area contributed by atoms with Crippen molar-refractivity contribution < 1.29 is 32.3 Å². The Morgan fingerprint density at radius 3 is 2.70 bits per heavy atom. The first kappa shape index (κ1) is 23.9. The van der Waals surface area contributed by atoms with Crippen LogP contribution in [-0.4, -0.2) is 51.8 Å². The summed E-state index contributed by atoms with van der Waals surface area (Å²) in [6.07, 6.45) is 0.351. The number of carbonyl (C=O) groups excluding carboxylic acids is 2. The zero-order valence-corrected chi connectivity index (χ0v) is 22.4. The van der Waals surface area contributed by atoms with Gasteiger partial charge in [0.25, 0.3) is 12.3 Å². The molecule has 0 unspecified atom stereocenters. The van der Waals surface area contributed by atoms with Crippen molar-refractivity contribution in [2.45, 2.75) is 44.6 Å². The molecule has 12 heteroatoms. The summed E-state index contributed by atoms with van der Waals surface area (Å²) in [5.41, 5.74) is -1.80. The Bertz CT molecular complexity index is 1620. The molecule has 2 amide bonds. The maximum Gasteiger partial charge on any atom is 0.280 e. The summed E-state index contributed by atoms with van der Waals surface area (Å²) < 4.78 is 57.0. The van der Waals surface area contributed by atoms with Crippen molar-refractivity contribution in [1.82, 2.24) is 15.2 Å². The summed E-state index contributed by atoms with van der Waals surface area (Å²) >= 11 is 1.06. The van der Waals surface area contributed by atoms with Crippen molar-refractivity contribution in [1.29, 1.82) is 0 Å². The number of pyridine rings is 1. The largest absolute Gasteiger partial charge is 0.494 e. The molecule has 0 spiro atoms. The molecule has 3 aromatic rings. The molecule has 2 saturated carbocycles. The molecule has 2 aromatic heterocycles. The van der Waals surface area contributed by atoms with E-state index in [0.717, 1.165) is 36.4 Å². The number of carbonyl (C=O) groups is 2. The van der Waals surface area contributed by atoms with Gasteiger partial charge < -0.3 is 14.7 Å².